The van der Waals surface area contributed by atoms with Crippen molar-refractivity contribution in [2.24, 2.45) is 0 Å². The van der Waals surface area contributed by atoms with Crippen molar-refractivity contribution in [3.05, 3.63) is 29.8 Å². The summed E-state index contributed by atoms with van der Waals surface area (Å²) in [7, 11) is -0.835. The Bertz CT molecular complexity index is 445. The summed E-state index contributed by atoms with van der Waals surface area (Å²) in [6.07, 6.45) is 1.85. The largest absolute Gasteiger partial charge is 0.542 e. The molecule has 0 amide bonds. The van der Waals surface area contributed by atoms with E-state index in [4.69, 9.17) is 9.16 Å². The molecule has 0 unspecified atom stereocenters. The quantitative estimate of drug-likeness (QED) is 0.729. The van der Waals surface area contributed by atoms with E-state index in [1.807, 2.05) is 25.1 Å². The Hall–Kier alpha value is -1.22. The third kappa shape index (κ3) is 3.87. The molecular formula is C16H25O2Si. The van der Waals surface area contributed by atoms with E-state index < -0.39 is 9.04 Å². The van der Waals surface area contributed by atoms with Gasteiger partial charge in [-0.25, -0.2) is 0 Å². The van der Waals surface area contributed by atoms with Crippen molar-refractivity contribution in [3.8, 4) is 11.5 Å². The molecule has 0 spiro atoms. The molecule has 0 N–H and O–H groups in total. The Balaban J connectivity index is 3.51. The molecule has 0 saturated carbocycles. The Labute approximate surface area is 119 Å². The van der Waals surface area contributed by atoms with Gasteiger partial charge >= 0.3 is 0 Å². The van der Waals surface area contributed by atoms with E-state index in [2.05, 4.69) is 40.4 Å². The molecule has 0 atom stereocenters. The first-order valence-electron chi connectivity index (χ1n) is 6.72. The van der Waals surface area contributed by atoms with Crippen molar-refractivity contribution < 1.29 is 9.16 Å². The van der Waals surface area contributed by atoms with E-state index >= 15 is 0 Å². The number of ether oxygens (including phenoxy) is 1. The van der Waals surface area contributed by atoms with Gasteiger partial charge in [0.05, 0.1) is 6.61 Å². The summed E-state index contributed by atoms with van der Waals surface area (Å²) >= 11 is 0. The van der Waals surface area contributed by atoms with Gasteiger partial charge in [0.25, 0.3) is 9.04 Å². The molecule has 0 heterocycles. The third-order valence-corrected chi connectivity index (χ3v) is 3.34. The van der Waals surface area contributed by atoms with Gasteiger partial charge in [-0.3, -0.25) is 0 Å². The second-order valence-electron chi connectivity index (χ2n) is 5.75. The van der Waals surface area contributed by atoms with Crippen molar-refractivity contribution in [1.82, 2.24) is 0 Å². The van der Waals surface area contributed by atoms with Crippen LogP contribution in [0.3, 0.4) is 0 Å². The highest BCUT2D eigenvalue weighted by molar-refractivity contribution is 6.49. The molecule has 2 nitrogen and oxygen atoms in total. The Morgan fingerprint density at radius 3 is 2.32 bits per heavy atom. The van der Waals surface area contributed by atoms with Crippen LogP contribution in [0.15, 0.2) is 18.7 Å². The zero-order valence-electron chi connectivity index (χ0n) is 13.0. The molecule has 0 aliphatic carbocycles. The summed E-state index contributed by atoms with van der Waals surface area (Å²) in [4.78, 5) is 0. The van der Waals surface area contributed by atoms with Crippen molar-refractivity contribution in [2.75, 3.05) is 6.61 Å². The fourth-order valence-electron chi connectivity index (χ4n) is 2.04. The topological polar surface area (TPSA) is 18.5 Å². The molecule has 0 aromatic heterocycles. The monoisotopic (exact) mass is 277 g/mol. The minimum Gasteiger partial charge on any atom is -0.542 e. The lowest BCUT2D eigenvalue weighted by molar-refractivity contribution is 0.327. The molecule has 1 aromatic rings. The van der Waals surface area contributed by atoms with Gasteiger partial charge in [0, 0.05) is 11.1 Å². The average Bonchev–Trinajstić information content (AvgIpc) is 2.27. The maximum atomic E-state index is 6.13. The molecule has 1 radical (unpaired) electrons. The van der Waals surface area contributed by atoms with Crippen LogP contribution in [0.1, 0.15) is 38.8 Å². The van der Waals surface area contributed by atoms with Crippen molar-refractivity contribution in [3.63, 3.8) is 0 Å². The molecule has 0 bridgehead atoms. The smallest absolute Gasteiger partial charge is 0.274 e. The molecule has 19 heavy (non-hydrogen) atoms. The molecule has 3 heteroatoms. The van der Waals surface area contributed by atoms with Crippen LogP contribution in [-0.4, -0.2) is 15.6 Å². The summed E-state index contributed by atoms with van der Waals surface area (Å²) in [6.45, 7) is 17.4. The van der Waals surface area contributed by atoms with Gasteiger partial charge in [-0.1, -0.05) is 33.4 Å². The van der Waals surface area contributed by atoms with Crippen molar-refractivity contribution in [1.29, 1.82) is 0 Å². The third-order valence-electron chi connectivity index (χ3n) is 2.73. The van der Waals surface area contributed by atoms with Gasteiger partial charge in [0.15, 0.2) is 0 Å². The summed E-state index contributed by atoms with van der Waals surface area (Å²) in [5.74, 6) is 1.85. The summed E-state index contributed by atoms with van der Waals surface area (Å²) in [5.41, 5.74) is 2.15. The Kier molecular flexibility index (Phi) is 5.24. The SMILES string of the molecule is C=Cc1ccc(OCC)c(C(C)(C)C)c1O[Si](C)C. The van der Waals surface area contributed by atoms with Gasteiger partial charge in [0.2, 0.25) is 0 Å². The summed E-state index contributed by atoms with van der Waals surface area (Å²) in [6, 6.07) is 4.04. The molecule has 1 aromatic carbocycles. The van der Waals surface area contributed by atoms with Crippen LogP contribution in [-0.2, 0) is 5.41 Å². The van der Waals surface area contributed by atoms with E-state index in [0.29, 0.717) is 6.61 Å². The molecule has 0 fully saturated rings. The van der Waals surface area contributed by atoms with Gasteiger partial charge in [-0.2, -0.15) is 0 Å². The molecule has 0 aliphatic rings. The van der Waals surface area contributed by atoms with E-state index in [-0.39, 0.29) is 5.41 Å². The lowest BCUT2D eigenvalue weighted by atomic mass is 9.84. The standard InChI is InChI=1S/C16H25O2Si/c1-8-12-10-11-13(17-9-2)14(16(3,4)5)15(12)18-19(6)7/h8,10-11H,1,9H2,2-7H3. The van der Waals surface area contributed by atoms with Crippen LogP contribution in [0.25, 0.3) is 6.08 Å². The van der Waals surface area contributed by atoms with E-state index in [1.165, 1.54) is 0 Å². The first-order chi connectivity index (χ1) is 8.81. The maximum absolute atomic E-state index is 6.13. The first-order valence-corrected chi connectivity index (χ1v) is 9.12. The predicted molar refractivity (Wildman–Crippen MR) is 84.5 cm³/mol. The molecular weight excluding hydrogens is 252 g/mol. The van der Waals surface area contributed by atoms with Crippen LogP contribution in [0.2, 0.25) is 13.1 Å². The van der Waals surface area contributed by atoms with E-state index in [9.17, 15) is 0 Å². The second-order valence-corrected chi connectivity index (χ2v) is 7.78. The zero-order chi connectivity index (χ0) is 14.6. The summed E-state index contributed by atoms with van der Waals surface area (Å²) in [5, 5.41) is 0. The van der Waals surface area contributed by atoms with Crippen LogP contribution >= 0.6 is 0 Å². The highest BCUT2D eigenvalue weighted by atomic mass is 28.3. The lowest BCUT2D eigenvalue weighted by Crippen LogP contribution is -2.20. The van der Waals surface area contributed by atoms with Crippen molar-refractivity contribution >= 4 is 15.1 Å². The Morgan fingerprint density at radius 2 is 1.89 bits per heavy atom. The van der Waals surface area contributed by atoms with E-state index in [0.717, 1.165) is 22.6 Å². The second kappa shape index (κ2) is 6.28. The number of benzene rings is 1. The normalized spacial score (nSPS) is 11.5. The number of hydrogen-bond donors (Lipinski definition) is 0. The van der Waals surface area contributed by atoms with Crippen molar-refractivity contribution in [2.45, 2.75) is 46.2 Å². The Morgan fingerprint density at radius 1 is 1.26 bits per heavy atom. The average molecular weight is 277 g/mol. The molecule has 105 valence electrons. The number of hydrogen-bond acceptors (Lipinski definition) is 2. The van der Waals surface area contributed by atoms with E-state index in [1.54, 1.807) is 0 Å². The highest BCUT2D eigenvalue weighted by Crippen LogP contribution is 2.41. The van der Waals surface area contributed by atoms with Gasteiger partial charge in [-0.05, 0) is 37.6 Å². The predicted octanol–water partition coefficient (Wildman–Crippen LogP) is 4.66. The van der Waals surface area contributed by atoms with Crippen LogP contribution in [0.5, 0.6) is 11.5 Å². The highest BCUT2D eigenvalue weighted by Gasteiger charge is 2.26. The fourth-order valence-corrected chi connectivity index (χ4v) is 2.67. The van der Waals surface area contributed by atoms with Gasteiger partial charge < -0.3 is 9.16 Å². The summed E-state index contributed by atoms with van der Waals surface area (Å²) < 4.78 is 11.9. The van der Waals surface area contributed by atoms with Gasteiger partial charge in [-0.15, -0.1) is 0 Å². The minimum absolute atomic E-state index is 0.0316. The van der Waals surface area contributed by atoms with Crippen LogP contribution in [0.4, 0.5) is 0 Å². The lowest BCUT2D eigenvalue weighted by Gasteiger charge is -2.28. The molecule has 0 aliphatic heterocycles. The van der Waals surface area contributed by atoms with Crippen LogP contribution < -0.4 is 9.16 Å². The maximum Gasteiger partial charge on any atom is 0.274 e. The minimum atomic E-state index is -0.835. The molecule has 0 saturated heterocycles. The number of rotatable bonds is 5. The van der Waals surface area contributed by atoms with Crippen LogP contribution in [0, 0.1) is 0 Å². The first kappa shape index (κ1) is 15.8. The zero-order valence-corrected chi connectivity index (χ0v) is 14.0. The van der Waals surface area contributed by atoms with Gasteiger partial charge in [0.1, 0.15) is 11.5 Å². The molecule has 1 rings (SSSR count). The fraction of sp³-hybridized carbons (Fsp3) is 0.500.